The average molecular weight is 371 g/mol. The third-order valence-corrected chi connectivity index (χ3v) is 5.59. The molecule has 3 heterocycles. The smallest absolute Gasteiger partial charge is 0.163 e. The molecule has 2 unspecified atom stereocenters. The number of rotatable bonds is 4. The first-order chi connectivity index (χ1) is 13.0. The molecule has 0 saturated carbocycles. The molecule has 2 atom stereocenters. The van der Waals surface area contributed by atoms with Crippen LogP contribution in [0, 0.1) is 17.6 Å². The highest BCUT2D eigenvalue weighted by atomic mass is 19.2. The van der Waals surface area contributed by atoms with Crippen molar-refractivity contribution in [3.8, 4) is 0 Å². The van der Waals surface area contributed by atoms with Crippen molar-refractivity contribution >= 4 is 16.9 Å². The second-order valence-electron chi connectivity index (χ2n) is 7.33. The van der Waals surface area contributed by atoms with Crippen LogP contribution in [-0.4, -0.2) is 46.0 Å². The Labute approximate surface area is 157 Å². The third kappa shape index (κ3) is 3.39. The van der Waals surface area contributed by atoms with E-state index in [2.05, 4.69) is 31.7 Å². The maximum atomic E-state index is 14.1. The van der Waals surface area contributed by atoms with Crippen LogP contribution in [0.1, 0.15) is 18.9 Å². The molecule has 1 aliphatic rings. The number of benzene rings is 1. The minimum atomic E-state index is -0.789. The predicted molar refractivity (Wildman–Crippen MR) is 101 cm³/mol. The number of H-pyrrole nitrogens is 1. The van der Waals surface area contributed by atoms with Crippen LogP contribution >= 0.6 is 0 Å². The van der Waals surface area contributed by atoms with E-state index in [4.69, 9.17) is 0 Å². The van der Waals surface area contributed by atoms with Crippen LogP contribution in [0.15, 0.2) is 36.8 Å². The Morgan fingerprint density at radius 2 is 2.11 bits per heavy atom. The molecule has 0 spiro atoms. The lowest BCUT2D eigenvalue weighted by Gasteiger charge is -2.42. The monoisotopic (exact) mass is 371 g/mol. The van der Waals surface area contributed by atoms with Crippen molar-refractivity contribution in [2.75, 3.05) is 25.0 Å². The molecule has 4 rings (SSSR count). The van der Waals surface area contributed by atoms with Crippen LogP contribution in [0.25, 0.3) is 11.0 Å². The molecule has 0 bridgehead atoms. The Kier molecular flexibility index (Phi) is 4.78. The van der Waals surface area contributed by atoms with Crippen molar-refractivity contribution in [3.63, 3.8) is 0 Å². The average Bonchev–Trinajstić information content (AvgIpc) is 3.15. The second-order valence-corrected chi connectivity index (χ2v) is 7.33. The summed E-state index contributed by atoms with van der Waals surface area (Å²) in [6, 6.07) is 6.58. The van der Waals surface area contributed by atoms with Gasteiger partial charge in [-0.05, 0) is 31.0 Å². The first kappa shape index (κ1) is 17.9. The van der Waals surface area contributed by atoms with Crippen molar-refractivity contribution in [2.45, 2.75) is 25.9 Å². The molecule has 0 aliphatic carbocycles. The zero-order valence-corrected chi connectivity index (χ0v) is 15.5. The number of nitrogens with one attached hydrogen (secondary N) is 1. The predicted octanol–water partition coefficient (Wildman–Crippen LogP) is 3.58. The fourth-order valence-corrected chi connectivity index (χ4v) is 3.97. The number of fused-ring (bicyclic) bond motifs is 1. The van der Waals surface area contributed by atoms with Crippen LogP contribution in [0.4, 0.5) is 14.6 Å². The number of aromatic amines is 1. The van der Waals surface area contributed by atoms with Gasteiger partial charge in [-0.2, -0.15) is 0 Å². The van der Waals surface area contributed by atoms with Gasteiger partial charge in [0.25, 0.3) is 0 Å². The third-order valence-electron chi connectivity index (χ3n) is 5.59. The van der Waals surface area contributed by atoms with Gasteiger partial charge in [0.1, 0.15) is 17.8 Å². The van der Waals surface area contributed by atoms with Crippen molar-refractivity contribution in [2.24, 2.45) is 5.92 Å². The standard InChI is InChI=1S/C20H23F2N5/c1-13-7-9-27(10-14-4-3-5-16(21)18(14)22)11-17(13)26(2)20-15-6-8-23-19(15)24-12-25-20/h3-6,8,12-13,17H,7,9-11H2,1-2H3,(H,23,24,25). The number of halogens is 2. The van der Waals surface area contributed by atoms with Crippen LogP contribution in [-0.2, 0) is 6.54 Å². The summed E-state index contributed by atoms with van der Waals surface area (Å²) in [6.07, 6.45) is 4.42. The number of aromatic nitrogens is 3. The Morgan fingerprint density at radius 3 is 2.96 bits per heavy atom. The van der Waals surface area contributed by atoms with E-state index in [0.717, 1.165) is 42.4 Å². The first-order valence-electron chi connectivity index (χ1n) is 9.20. The highest BCUT2D eigenvalue weighted by Crippen LogP contribution is 2.29. The zero-order chi connectivity index (χ0) is 19.0. The highest BCUT2D eigenvalue weighted by molar-refractivity contribution is 5.87. The molecular weight excluding hydrogens is 348 g/mol. The highest BCUT2D eigenvalue weighted by Gasteiger charge is 2.31. The maximum Gasteiger partial charge on any atom is 0.163 e. The van der Waals surface area contributed by atoms with Gasteiger partial charge in [0.05, 0.1) is 5.39 Å². The van der Waals surface area contributed by atoms with Crippen LogP contribution in [0.2, 0.25) is 0 Å². The Morgan fingerprint density at radius 1 is 1.26 bits per heavy atom. The number of piperidine rings is 1. The molecule has 7 heteroatoms. The summed E-state index contributed by atoms with van der Waals surface area (Å²) in [5.74, 6) is -0.183. The van der Waals surface area contributed by atoms with Crippen molar-refractivity contribution in [3.05, 3.63) is 54.0 Å². The molecule has 0 amide bonds. The quantitative estimate of drug-likeness (QED) is 0.762. The van der Waals surface area contributed by atoms with Gasteiger partial charge in [-0.15, -0.1) is 0 Å². The van der Waals surface area contributed by atoms with Crippen LogP contribution in [0.5, 0.6) is 0 Å². The molecule has 1 saturated heterocycles. The fraction of sp³-hybridized carbons (Fsp3) is 0.400. The second kappa shape index (κ2) is 7.23. The van der Waals surface area contributed by atoms with Crippen LogP contribution in [0.3, 0.4) is 0 Å². The first-order valence-corrected chi connectivity index (χ1v) is 9.20. The molecule has 2 aromatic heterocycles. The summed E-state index contributed by atoms with van der Waals surface area (Å²) in [4.78, 5) is 16.2. The van der Waals surface area contributed by atoms with Crippen LogP contribution < -0.4 is 4.90 Å². The zero-order valence-electron chi connectivity index (χ0n) is 15.5. The van der Waals surface area contributed by atoms with Crippen molar-refractivity contribution < 1.29 is 8.78 Å². The minimum Gasteiger partial charge on any atom is -0.354 e. The molecule has 27 heavy (non-hydrogen) atoms. The van der Waals surface area contributed by atoms with E-state index in [1.54, 1.807) is 18.5 Å². The minimum absolute atomic E-state index is 0.225. The van der Waals surface area contributed by atoms with E-state index in [0.29, 0.717) is 18.0 Å². The summed E-state index contributed by atoms with van der Waals surface area (Å²) in [5, 5.41) is 0.987. The molecular formula is C20H23F2N5. The lowest BCUT2D eigenvalue weighted by Crippen LogP contribution is -2.51. The number of anilines is 1. The van der Waals surface area contributed by atoms with Crippen molar-refractivity contribution in [1.29, 1.82) is 0 Å². The molecule has 1 aliphatic heterocycles. The van der Waals surface area contributed by atoms with Gasteiger partial charge >= 0.3 is 0 Å². The van der Waals surface area contributed by atoms with Gasteiger partial charge in [0, 0.05) is 37.9 Å². The van der Waals surface area contributed by atoms with Gasteiger partial charge in [-0.3, -0.25) is 4.90 Å². The molecule has 3 aromatic rings. The van der Waals surface area contributed by atoms with Crippen molar-refractivity contribution in [1.82, 2.24) is 19.9 Å². The van der Waals surface area contributed by atoms with E-state index >= 15 is 0 Å². The van der Waals surface area contributed by atoms with Gasteiger partial charge in [-0.1, -0.05) is 19.1 Å². The number of likely N-dealkylation sites (N-methyl/N-ethyl adjacent to an activating group) is 1. The number of likely N-dealkylation sites (tertiary alicyclic amines) is 1. The fourth-order valence-electron chi connectivity index (χ4n) is 3.97. The molecule has 1 fully saturated rings. The topological polar surface area (TPSA) is 48.1 Å². The van der Waals surface area contributed by atoms with E-state index < -0.39 is 11.6 Å². The maximum absolute atomic E-state index is 14.1. The molecule has 142 valence electrons. The molecule has 5 nitrogen and oxygen atoms in total. The summed E-state index contributed by atoms with van der Waals surface area (Å²) >= 11 is 0. The summed E-state index contributed by atoms with van der Waals surface area (Å²) in [5.41, 5.74) is 1.22. The largest absolute Gasteiger partial charge is 0.354 e. The Balaban J connectivity index is 1.55. The molecule has 0 radical (unpaired) electrons. The van der Waals surface area contributed by atoms with E-state index in [1.807, 2.05) is 19.3 Å². The van der Waals surface area contributed by atoms with E-state index in [1.165, 1.54) is 0 Å². The Hall–Kier alpha value is -2.54. The normalized spacial score (nSPS) is 20.9. The van der Waals surface area contributed by atoms with Gasteiger partial charge in [0.2, 0.25) is 0 Å². The summed E-state index contributed by atoms with van der Waals surface area (Å²) in [7, 11) is 2.04. The SMILES string of the molecule is CC1CCN(Cc2cccc(F)c2F)CC1N(C)c1ncnc2[nH]ccc12. The van der Waals surface area contributed by atoms with E-state index in [-0.39, 0.29) is 6.04 Å². The summed E-state index contributed by atoms with van der Waals surface area (Å²) in [6.45, 7) is 4.27. The van der Waals surface area contributed by atoms with Gasteiger partial charge in [-0.25, -0.2) is 18.7 Å². The lowest BCUT2D eigenvalue weighted by atomic mass is 9.92. The number of hydrogen-bond donors (Lipinski definition) is 1. The van der Waals surface area contributed by atoms with E-state index in [9.17, 15) is 8.78 Å². The summed E-state index contributed by atoms with van der Waals surface area (Å²) < 4.78 is 27.6. The van der Waals surface area contributed by atoms with Gasteiger partial charge in [0.15, 0.2) is 11.6 Å². The number of nitrogens with zero attached hydrogens (tertiary/aromatic N) is 4. The number of hydrogen-bond acceptors (Lipinski definition) is 4. The Bertz CT molecular complexity index is 941. The van der Waals surface area contributed by atoms with Gasteiger partial charge < -0.3 is 9.88 Å². The lowest BCUT2D eigenvalue weighted by molar-refractivity contribution is 0.157. The molecule has 1 aromatic carbocycles. The molecule has 1 N–H and O–H groups in total.